The second-order valence-corrected chi connectivity index (χ2v) is 3.64. The van der Waals surface area contributed by atoms with Crippen molar-refractivity contribution < 1.29 is 4.39 Å². The molecule has 0 aliphatic rings. The van der Waals surface area contributed by atoms with E-state index in [9.17, 15) is 4.39 Å². The second-order valence-electron chi connectivity index (χ2n) is 3.33. The monoisotopic (exact) mass is 222 g/mol. The number of rotatable bonds is 2. The van der Waals surface area contributed by atoms with Gasteiger partial charge in [0.2, 0.25) is 0 Å². The second kappa shape index (κ2) is 4.06. The van der Waals surface area contributed by atoms with Gasteiger partial charge in [-0.25, -0.2) is 9.37 Å². The van der Waals surface area contributed by atoms with E-state index in [1.54, 1.807) is 6.07 Å². The van der Waals surface area contributed by atoms with Crippen LogP contribution in [0.5, 0.6) is 0 Å². The fourth-order valence-corrected chi connectivity index (χ4v) is 1.66. The molecule has 0 aliphatic heterocycles. The number of H-pyrrole nitrogens is 1. The van der Waals surface area contributed by atoms with E-state index in [0.717, 1.165) is 22.8 Å². The van der Waals surface area contributed by atoms with Gasteiger partial charge >= 0.3 is 0 Å². The van der Waals surface area contributed by atoms with E-state index in [0.29, 0.717) is 5.75 Å². The van der Waals surface area contributed by atoms with Crippen molar-refractivity contribution in [3.05, 3.63) is 41.6 Å². The van der Waals surface area contributed by atoms with Crippen molar-refractivity contribution in [2.75, 3.05) is 0 Å². The SMILES string of the molecule is Cc1[nH]c(CS)nc1-c1cccc(F)c1. The van der Waals surface area contributed by atoms with Crippen LogP contribution in [0.15, 0.2) is 24.3 Å². The zero-order valence-corrected chi connectivity index (χ0v) is 9.18. The summed E-state index contributed by atoms with van der Waals surface area (Å²) >= 11 is 4.14. The molecule has 15 heavy (non-hydrogen) atoms. The largest absolute Gasteiger partial charge is 0.345 e. The van der Waals surface area contributed by atoms with E-state index in [2.05, 4.69) is 22.6 Å². The Morgan fingerprint density at radius 2 is 2.27 bits per heavy atom. The third kappa shape index (κ3) is 2.04. The van der Waals surface area contributed by atoms with Crippen molar-refractivity contribution in [2.24, 2.45) is 0 Å². The number of nitrogens with one attached hydrogen (secondary N) is 1. The topological polar surface area (TPSA) is 28.7 Å². The number of nitrogens with zero attached hydrogens (tertiary/aromatic N) is 1. The lowest BCUT2D eigenvalue weighted by atomic mass is 10.1. The van der Waals surface area contributed by atoms with Crippen molar-refractivity contribution in [3.8, 4) is 11.3 Å². The Bertz CT molecular complexity index is 479. The summed E-state index contributed by atoms with van der Waals surface area (Å²) in [5.74, 6) is 1.10. The van der Waals surface area contributed by atoms with Gasteiger partial charge in [-0.2, -0.15) is 12.6 Å². The summed E-state index contributed by atoms with van der Waals surface area (Å²) < 4.78 is 13.0. The minimum Gasteiger partial charge on any atom is -0.345 e. The van der Waals surface area contributed by atoms with Crippen molar-refractivity contribution >= 4 is 12.6 Å². The number of aryl methyl sites for hydroxylation is 1. The molecule has 0 bridgehead atoms. The van der Waals surface area contributed by atoms with E-state index in [1.165, 1.54) is 12.1 Å². The van der Waals surface area contributed by atoms with Crippen molar-refractivity contribution in [3.63, 3.8) is 0 Å². The van der Waals surface area contributed by atoms with Crippen LogP contribution in [0.3, 0.4) is 0 Å². The molecule has 0 fully saturated rings. The Balaban J connectivity index is 2.48. The Morgan fingerprint density at radius 1 is 1.47 bits per heavy atom. The lowest BCUT2D eigenvalue weighted by Gasteiger charge is -1.97. The van der Waals surface area contributed by atoms with Gasteiger partial charge in [-0.1, -0.05) is 12.1 Å². The molecule has 78 valence electrons. The Morgan fingerprint density at radius 3 is 2.87 bits per heavy atom. The molecule has 2 aromatic rings. The molecule has 0 radical (unpaired) electrons. The normalized spacial score (nSPS) is 10.6. The van der Waals surface area contributed by atoms with E-state index in [-0.39, 0.29) is 5.82 Å². The Hall–Kier alpha value is -1.29. The minimum atomic E-state index is -0.248. The third-order valence-corrected chi connectivity index (χ3v) is 2.48. The van der Waals surface area contributed by atoms with Gasteiger partial charge in [0.05, 0.1) is 5.69 Å². The van der Waals surface area contributed by atoms with Crippen LogP contribution in [-0.2, 0) is 5.75 Å². The van der Waals surface area contributed by atoms with Gasteiger partial charge in [-0.15, -0.1) is 0 Å². The molecular formula is C11H11FN2S. The molecular weight excluding hydrogens is 211 g/mol. The van der Waals surface area contributed by atoms with E-state index < -0.39 is 0 Å². The van der Waals surface area contributed by atoms with Crippen LogP contribution in [0.4, 0.5) is 4.39 Å². The molecule has 0 spiro atoms. The van der Waals surface area contributed by atoms with Gasteiger partial charge in [0.1, 0.15) is 11.6 Å². The molecule has 4 heteroatoms. The fraction of sp³-hybridized carbons (Fsp3) is 0.182. The summed E-state index contributed by atoms with van der Waals surface area (Å²) in [5.41, 5.74) is 2.51. The molecule has 0 unspecified atom stereocenters. The molecule has 0 amide bonds. The van der Waals surface area contributed by atoms with Gasteiger partial charge in [0, 0.05) is 17.0 Å². The highest BCUT2D eigenvalue weighted by Crippen LogP contribution is 2.22. The Labute approximate surface area is 93.0 Å². The Kier molecular flexibility index (Phi) is 2.77. The maximum absolute atomic E-state index is 13.0. The molecule has 2 nitrogen and oxygen atoms in total. The first-order valence-electron chi connectivity index (χ1n) is 4.63. The fourth-order valence-electron chi connectivity index (χ4n) is 1.51. The van der Waals surface area contributed by atoms with E-state index >= 15 is 0 Å². The van der Waals surface area contributed by atoms with Crippen LogP contribution in [-0.4, -0.2) is 9.97 Å². The summed E-state index contributed by atoms with van der Waals surface area (Å²) in [6.45, 7) is 1.92. The molecule has 2 rings (SSSR count). The van der Waals surface area contributed by atoms with Crippen molar-refractivity contribution in [2.45, 2.75) is 12.7 Å². The standard InChI is InChI=1S/C11H11FN2S/c1-7-11(14-10(6-15)13-7)8-3-2-4-9(12)5-8/h2-5,15H,6H2,1H3,(H,13,14). The quantitative estimate of drug-likeness (QED) is 0.751. The third-order valence-electron chi connectivity index (χ3n) is 2.18. The molecule has 0 aliphatic carbocycles. The molecule has 0 atom stereocenters. The summed E-state index contributed by atoms with van der Waals surface area (Å²) in [5, 5.41) is 0. The highest BCUT2D eigenvalue weighted by atomic mass is 32.1. The average molecular weight is 222 g/mol. The summed E-state index contributed by atoms with van der Waals surface area (Å²) in [6.07, 6.45) is 0. The molecule has 0 saturated heterocycles. The molecule has 1 aromatic heterocycles. The van der Waals surface area contributed by atoms with Crippen molar-refractivity contribution in [1.82, 2.24) is 9.97 Å². The minimum absolute atomic E-state index is 0.248. The number of hydrogen-bond donors (Lipinski definition) is 2. The molecule has 1 aromatic carbocycles. The van der Waals surface area contributed by atoms with Crippen LogP contribution >= 0.6 is 12.6 Å². The molecule has 0 saturated carbocycles. The number of aromatic amines is 1. The summed E-state index contributed by atoms with van der Waals surface area (Å²) in [6, 6.07) is 6.42. The van der Waals surface area contributed by atoms with Crippen LogP contribution in [0.25, 0.3) is 11.3 Å². The summed E-state index contributed by atoms with van der Waals surface area (Å²) in [7, 11) is 0. The first-order chi connectivity index (χ1) is 7.20. The number of imidazole rings is 1. The van der Waals surface area contributed by atoms with Gasteiger partial charge in [0.15, 0.2) is 0 Å². The molecule has 1 heterocycles. The first kappa shape index (κ1) is 10.2. The predicted octanol–water partition coefficient (Wildman–Crippen LogP) is 2.95. The maximum Gasteiger partial charge on any atom is 0.123 e. The van der Waals surface area contributed by atoms with Gasteiger partial charge in [0.25, 0.3) is 0 Å². The smallest absolute Gasteiger partial charge is 0.123 e. The summed E-state index contributed by atoms with van der Waals surface area (Å²) in [4.78, 5) is 7.44. The maximum atomic E-state index is 13.0. The van der Waals surface area contributed by atoms with Crippen molar-refractivity contribution in [1.29, 1.82) is 0 Å². The van der Waals surface area contributed by atoms with E-state index in [4.69, 9.17) is 0 Å². The highest BCUT2D eigenvalue weighted by molar-refractivity contribution is 7.79. The predicted molar refractivity (Wildman–Crippen MR) is 61.4 cm³/mol. The number of thiol groups is 1. The van der Waals surface area contributed by atoms with Gasteiger partial charge in [-0.3, -0.25) is 0 Å². The lowest BCUT2D eigenvalue weighted by molar-refractivity contribution is 0.628. The zero-order chi connectivity index (χ0) is 10.8. The lowest BCUT2D eigenvalue weighted by Crippen LogP contribution is -1.83. The van der Waals surface area contributed by atoms with Crippen LogP contribution in [0.1, 0.15) is 11.5 Å². The van der Waals surface area contributed by atoms with Crippen LogP contribution in [0, 0.1) is 12.7 Å². The number of halogens is 1. The zero-order valence-electron chi connectivity index (χ0n) is 8.29. The molecule has 1 N–H and O–H groups in total. The first-order valence-corrected chi connectivity index (χ1v) is 5.26. The number of benzene rings is 1. The van der Waals surface area contributed by atoms with Crippen LogP contribution in [0.2, 0.25) is 0 Å². The van der Waals surface area contributed by atoms with Gasteiger partial charge in [-0.05, 0) is 19.1 Å². The average Bonchev–Trinajstić information content (AvgIpc) is 2.60. The number of hydrogen-bond acceptors (Lipinski definition) is 2. The highest BCUT2D eigenvalue weighted by Gasteiger charge is 2.08. The van der Waals surface area contributed by atoms with Crippen LogP contribution < -0.4 is 0 Å². The van der Waals surface area contributed by atoms with Gasteiger partial charge < -0.3 is 4.98 Å². The number of aromatic nitrogens is 2. The van der Waals surface area contributed by atoms with E-state index in [1.807, 2.05) is 13.0 Å².